The number of benzene rings is 2. The van der Waals surface area contributed by atoms with Gasteiger partial charge in [-0.3, -0.25) is 0 Å². The third kappa shape index (κ3) is 2.30. The van der Waals surface area contributed by atoms with Gasteiger partial charge in [0.2, 0.25) is 0 Å². The summed E-state index contributed by atoms with van der Waals surface area (Å²) in [5.41, 5.74) is 9.94. The zero-order valence-electron chi connectivity index (χ0n) is 12.4. The van der Waals surface area contributed by atoms with Crippen molar-refractivity contribution in [2.75, 3.05) is 0 Å². The molecular weight excluding hydrogens is 326 g/mol. The first-order valence-corrected chi connectivity index (χ1v) is 7.79. The molecule has 0 aliphatic heterocycles. The van der Waals surface area contributed by atoms with Crippen LogP contribution in [0, 0.1) is 20.8 Å². The largest absolute Gasteiger partial charge is 0.466 e. The summed E-state index contributed by atoms with van der Waals surface area (Å²) >= 11 is 3.61. The molecule has 0 fully saturated rings. The van der Waals surface area contributed by atoms with Gasteiger partial charge in [-0.1, -0.05) is 46.3 Å². The van der Waals surface area contributed by atoms with Crippen molar-refractivity contribution in [1.29, 1.82) is 0 Å². The van der Waals surface area contributed by atoms with E-state index >= 15 is 0 Å². The average Bonchev–Trinajstić information content (AvgIpc) is 2.72. The minimum Gasteiger partial charge on any atom is -0.466 e. The molecule has 0 bridgehead atoms. The van der Waals surface area contributed by atoms with E-state index in [0.717, 1.165) is 32.7 Å². The van der Waals surface area contributed by atoms with Gasteiger partial charge in [-0.25, -0.2) is 0 Å². The van der Waals surface area contributed by atoms with E-state index in [-0.39, 0.29) is 6.04 Å². The summed E-state index contributed by atoms with van der Waals surface area (Å²) in [6, 6.07) is 12.3. The van der Waals surface area contributed by atoms with Gasteiger partial charge in [-0.2, -0.15) is 0 Å². The second-order valence-electron chi connectivity index (χ2n) is 5.41. The Morgan fingerprint density at radius 1 is 0.952 bits per heavy atom. The molecule has 21 heavy (non-hydrogen) atoms. The molecule has 1 atom stereocenters. The molecule has 1 unspecified atom stereocenters. The molecule has 2 nitrogen and oxygen atoms in total. The Hall–Kier alpha value is -1.58. The van der Waals surface area contributed by atoms with Crippen LogP contribution >= 0.6 is 15.9 Å². The maximum Gasteiger partial charge on any atom is 0.106 e. The van der Waals surface area contributed by atoms with Crippen LogP contribution in [0.2, 0.25) is 0 Å². The SMILES string of the molecule is Cc1oc(C)c(C(N)c2ccc(Br)c3ccccc23)c1C. The smallest absolute Gasteiger partial charge is 0.106 e. The molecule has 3 aromatic rings. The quantitative estimate of drug-likeness (QED) is 0.697. The van der Waals surface area contributed by atoms with E-state index in [2.05, 4.69) is 47.1 Å². The Kier molecular flexibility index (Phi) is 3.64. The fraction of sp³-hybridized carbons (Fsp3) is 0.222. The molecule has 0 radical (unpaired) electrons. The molecule has 1 aromatic heterocycles. The van der Waals surface area contributed by atoms with Crippen LogP contribution in [0.1, 0.15) is 34.3 Å². The summed E-state index contributed by atoms with van der Waals surface area (Å²) in [5, 5.41) is 2.36. The second kappa shape index (κ2) is 5.32. The monoisotopic (exact) mass is 343 g/mol. The number of furan rings is 1. The number of nitrogens with two attached hydrogens (primary N) is 1. The summed E-state index contributed by atoms with van der Waals surface area (Å²) < 4.78 is 6.82. The van der Waals surface area contributed by atoms with Gasteiger partial charge in [0.15, 0.2) is 0 Å². The van der Waals surface area contributed by atoms with Crippen LogP contribution in [0.5, 0.6) is 0 Å². The molecule has 3 heteroatoms. The average molecular weight is 344 g/mol. The van der Waals surface area contributed by atoms with Crippen LogP contribution < -0.4 is 5.73 Å². The first kappa shape index (κ1) is 14.4. The molecular formula is C18H18BrNO. The predicted molar refractivity (Wildman–Crippen MR) is 90.6 cm³/mol. The molecule has 3 rings (SSSR count). The molecule has 0 aliphatic carbocycles. The van der Waals surface area contributed by atoms with E-state index in [0.29, 0.717) is 0 Å². The van der Waals surface area contributed by atoms with E-state index < -0.39 is 0 Å². The topological polar surface area (TPSA) is 39.2 Å². The first-order valence-electron chi connectivity index (χ1n) is 7.00. The highest BCUT2D eigenvalue weighted by Gasteiger charge is 2.21. The molecule has 0 aliphatic rings. The van der Waals surface area contributed by atoms with E-state index in [1.165, 1.54) is 10.8 Å². The molecule has 108 valence electrons. The second-order valence-corrected chi connectivity index (χ2v) is 6.27. The van der Waals surface area contributed by atoms with Crippen molar-refractivity contribution in [3.63, 3.8) is 0 Å². The zero-order chi connectivity index (χ0) is 15.1. The van der Waals surface area contributed by atoms with Crippen molar-refractivity contribution < 1.29 is 4.42 Å². The standard InChI is InChI=1S/C18H18BrNO/c1-10-11(2)21-12(3)17(10)18(20)15-8-9-16(19)14-7-5-4-6-13(14)15/h4-9,18H,20H2,1-3H3. The molecule has 0 amide bonds. The lowest BCUT2D eigenvalue weighted by molar-refractivity contribution is 0.498. The van der Waals surface area contributed by atoms with Gasteiger partial charge in [-0.15, -0.1) is 0 Å². The predicted octanol–water partition coefficient (Wildman–Crippen LogP) is 5.17. The van der Waals surface area contributed by atoms with Crippen molar-refractivity contribution in [3.05, 3.63) is 69.1 Å². The van der Waals surface area contributed by atoms with E-state index in [1.54, 1.807) is 0 Å². The summed E-state index contributed by atoms with van der Waals surface area (Å²) in [6.45, 7) is 6.04. The number of aryl methyl sites for hydroxylation is 2. The Morgan fingerprint density at radius 2 is 1.62 bits per heavy atom. The van der Waals surface area contributed by atoms with Gasteiger partial charge >= 0.3 is 0 Å². The Balaban J connectivity index is 2.23. The molecule has 2 N–H and O–H groups in total. The molecule has 2 aromatic carbocycles. The minimum absolute atomic E-state index is 0.180. The lowest BCUT2D eigenvalue weighted by atomic mass is 9.92. The zero-order valence-corrected chi connectivity index (χ0v) is 14.0. The summed E-state index contributed by atoms with van der Waals surface area (Å²) in [5.74, 6) is 1.85. The number of halogens is 1. The lowest BCUT2D eigenvalue weighted by Crippen LogP contribution is -2.14. The van der Waals surface area contributed by atoms with E-state index in [9.17, 15) is 0 Å². The van der Waals surface area contributed by atoms with Crippen molar-refractivity contribution in [2.45, 2.75) is 26.8 Å². The van der Waals surface area contributed by atoms with Crippen molar-refractivity contribution in [1.82, 2.24) is 0 Å². The van der Waals surface area contributed by atoms with Crippen LogP contribution in [0.3, 0.4) is 0 Å². The Labute approximate surface area is 133 Å². The van der Waals surface area contributed by atoms with Crippen molar-refractivity contribution in [2.24, 2.45) is 5.73 Å². The number of hydrogen-bond donors (Lipinski definition) is 1. The minimum atomic E-state index is -0.180. The highest BCUT2D eigenvalue weighted by molar-refractivity contribution is 9.10. The van der Waals surface area contributed by atoms with E-state index in [1.807, 2.05) is 26.0 Å². The first-order chi connectivity index (χ1) is 10.0. The Bertz CT molecular complexity index is 819. The van der Waals surface area contributed by atoms with E-state index in [4.69, 9.17) is 10.2 Å². The fourth-order valence-corrected chi connectivity index (χ4v) is 3.46. The highest BCUT2D eigenvalue weighted by Crippen LogP contribution is 2.35. The highest BCUT2D eigenvalue weighted by atomic mass is 79.9. The molecule has 1 heterocycles. The van der Waals surface area contributed by atoms with Gasteiger partial charge in [0.1, 0.15) is 11.5 Å². The number of rotatable bonds is 2. The van der Waals surface area contributed by atoms with Crippen LogP contribution in [0.25, 0.3) is 10.8 Å². The van der Waals surface area contributed by atoms with Crippen LogP contribution in [0.15, 0.2) is 45.3 Å². The summed E-state index contributed by atoms with van der Waals surface area (Å²) in [7, 11) is 0. The van der Waals surface area contributed by atoms with Gasteiger partial charge in [0.25, 0.3) is 0 Å². The van der Waals surface area contributed by atoms with Crippen LogP contribution in [-0.2, 0) is 0 Å². The maximum atomic E-state index is 6.57. The summed E-state index contributed by atoms with van der Waals surface area (Å²) in [4.78, 5) is 0. The lowest BCUT2D eigenvalue weighted by Gasteiger charge is -2.16. The third-order valence-electron chi connectivity index (χ3n) is 4.17. The summed E-state index contributed by atoms with van der Waals surface area (Å²) in [6.07, 6.45) is 0. The molecule has 0 saturated carbocycles. The van der Waals surface area contributed by atoms with Gasteiger partial charge < -0.3 is 10.2 Å². The van der Waals surface area contributed by atoms with Crippen LogP contribution in [0.4, 0.5) is 0 Å². The van der Waals surface area contributed by atoms with Crippen LogP contribution in [-0.4, -0.2) is 0 Å². The van der Waals surface area contributed by atoms with Crippen molar-refractivity contribution in [3.8, 4) is 0 Å². The van der Waals surface area contributed by atoms with Gasteiger partial charge in [-0.05, 0) is 48.7 Å². The van der Waals surface area contributed by atoms with Crippen molar-refractivity contribution >= 4 is 26.7 Å². The Morgan fingerprint density at radius 3 is 2.24 bits per heavy atom. The maximum absolute atomic E-state index is 6.57. The fourth-order valence-electron chi connectivity index (χ4n) is 2.98. The normalized spacial score (nSPS) is 12.8. The van der Waals surface area contributed by atoms with Gasteiger partial charge in [0, 0.05) is 10.0 Å². The number of fused-ring (bicyclic) bond motifs is 1. The molecule has 0 saturated heterocycles. The third-order valence-corrected chi connectivity index (χ3v) is 4.86. The molecule has 0 spiro atoms. The van der Waals surface area contributed by atoms with Gasteiger partial charge in [0.05, 0.1) is 6.04 Å². The number of hydrogen-bond acceptors (Lipinski definition) is 2.